The number of nitrogens with one attached hydrogen (secondary N) is 2. The highest BCUT2D eigenvalue weighted by Gasteiger charge is 2.17. The van der Waals surface area contributed by atoms with Crippen LogP contribution in [-0.2, 0) is 25.5 Å². The van der Waals surface area contributed by atoms with Crippen LogP contribution in [0.2, 0.25) is 5.02 Å². The van der Waals surface area contributed by atoms with Crippen molar-refractivity contribution in [2.75, 3.05) is 33.4 Å². The summed E-state index contributed by atoms with van der Waals surface area (Å²) in [7, 11) is 1.84. The van der Waals surface area contributed by atoms with Gasteiger partial charge in [-0.2, -0.15) is 0 Å². The molecule has 0 saturated heterocycles. The summed E-state index contributed by atoms with van der Waals surface area (Å²) in [6.07, 6.45) is 7.18. The highest BCUT2D eigenvalue weighted by molar-refractivity contribution is 6.30. The molecule has 198 valence electrons. The van der Waals surface area contributed by atoms with Crippen LogP contribution in [0.25, 0.3) is 0 Å². The van der Waals surface area contributed by atoms with Gasteiger partial charge in [0.05, 0.1) is 12.0 Å². The van der Waals surface area contributed by atoms with Gasteiger partial charge in [0.2, 0.25) is 6.41 Å². The van der Waals surface area contributed by atoms with E-state index in [0.29, 0.717) is 25.0 Å². The first-order valence-corrected chi connectivity index (χ1v) is 12.3. The van der Waals surface area contributed by atoms with E-state index in [1.807, 2.05) is 59.0 Å². The summed E-state index contributed by atoms with van der Waals surface area (Å²) in [6.45, 7) is 10.0. The van der Waals surface area contributed by atoms with Crippen LogP contribution in [0.3, 0.4) is 0 Å². The maximum Gasteiger partial charge on any atom is 0.207 e. The molecule has 1 aliphatic rings. The van der Waals surface area contributed by atoms with Crippen molar-refractivity contribution in [1.29, 1.82) is 0 Å². The molecule has 1 aliphatic carbocycles. The first-order chi connectivity index (χ1) is 16.9. The van der Waals surface area contributed by atoms with Gasteiger partial charge in [-0.3, -0.25) is 9.59 Å². The molecule has 1 amide bonds. The average Bonchev–Trinajstić information content (AvgIpc) is 2.87. The molecule has 0 fully saturated rings. The van der Waals surface area contributed by atoms with E-state index in [4.69, 9.17) is 32.7 Å². The largest absolute Gasteiger partial charge is 0.486 e. The number of allylic oxidation sites excluding steroid dienone is 4. The number of hydrogen-bond donors (Lipinski definition) is 2. The lowest BCUT2D eigenvalue weighted by Gasteiger charge is -2.13. The van der Waals surface area contributed by atoms with Gasteiger partial charge in [-0.05, 0) is 56.2 Å². The fourth-order valence-electron chi connectivity index (χ4n) is 2.21. The maximum atomic E-state index is 12.8. The van der Waals surface area contributed by atoms with E-state index in [1.54, 1.807) is 6.08 Å². The third-order valence-electron chi connectivity index (χ3n) is 4.02. The molecule has 0 spiro atoms. The summed E-state index contributed by atoms with van der Waals surface area (Å²) in [4.78, 5) is 19.6. The van der Waals surface area contributed by atoms with Crippen molar-refractivity contribution in [2.24, 2.45) is 0 Å². The standard InChI is InChI=1S/C10H13ClO.C8H8ClFO2.C6H12N2O.C2H6/c1-2-12-7-6-9-4-3-5-10(11)8-9;9-7-2-1-6(5-8(7)10)12-4-3-11;1-6(7-2)3-4-8-5-9;1-2/h3-5,8H,2,6-7H2,1H3;1-3,5,7-8H,4H2;3,5,7H,4H2,1-2H3,(H,8,9);1-2H3/b;;6-3+;. The minimum atomic E-state index is -1.24. The normalized spacial score (nSPS) is 16.0. The van der Waals surface area contributed by atoms with Crippen LogP contribution in [-0.4, -0.2) is 57.7 Å². The highest BCUT2D eigenvalue weighted by atomic mass is 35.5. The molecule has 0 aromatic heterocycles. The molecule has 1 aromatic rings. The van der Waals surface area contributed by atoms with E-state index >= 15 is 0 Å². The summed E-state index contributed by atoms with van der Waals surface area (Å²) in [5, 5.41) is 5.61. The molecule has 6 nitrogen and oxygen atoms in total. The number of ether oxygens (including phenoxy) is 2. The Morgan fingerprint density at radius 2 is 1.97 bits per heavy atom. The van der Waals surface area contributed by atoms with E-state index in [9.17, 15) is 14.0 Å². The Morgan fingerprint density at radius 1 is 1.26 bits per heavy atom. The smallest absolute Gasteiger partial charge is 0.207 e. The topological polar surface area (TPSA) is 76.7 Å². The predicted molar refractivity (Wildman–Crippen MR) is 144 cm³/mol. The van der Waals surface area contributed by atoms with Crippen molar-refractivity contribution in [2.45, 2.75) is 45.7 Å². The van der Waals surface area contributed by atoms with Gasteiger partial charge in [0, 0.05) is 30.9 Å². The Bertz CT molecular complexity index is 773. The Balaban J connectivity index is 0. The average molecular weight is 534 g/mol. The number of halogens is 3. The molecule has 0 saturated carbocycles. The van der Waals surface area contributed by atoms with Gasteiger partial charge < -0.3 is 20.1 Å². The molecule has 2 unspecified atom stereocenters. The number of amides is 1. The Morgan fingerprint density at radius 3 is 2.51 bits per heavy atom. The number of benzene rings is 1. The van der Waals surface area contributed by atoms with E-state index in [-0.39, 0.29) is 6.61 Å². The summed E-state index contributed by atoms with van der Waals surface area (Å²) in [6, 6.07) is 7.88. The summed E-state index contributed by atoms with van der Waals surface area (Å²) in [5.41, 5.74) is 2.29. The second-order valence-corrected chi connectivity index (χ2v) is 7.48. The Hall–Kier alpha value is -2.35. The number of aldehydes is 1. The molecular weight excluding hydrogens is 494 g/mol. The molecule has 2 atom stereocenters. The second-order valence-electron chi connectivity index (χ2n) is 6.53. The van der Waals surface area contributed by atoms with Crippen LogP contribution >= 0.6 is 23.2 Å². The summed E-state index contributed by atoms with van der Waals surface area (Å²) < 4.78 is 22.9. The van der Waals surface area contributed by atoms with E-state index in [1.165, 1.54) is 17.7 Å². The molecule has 2 N–H and O–H groups in total. The second kappa shape index (κ2) is 24.8. The van der Waals surface area contributed by atoms with E-state index in [0.717, 1.165) is 30.4 Å². The van der Waals surface area contributed by atoms with Crippen LogP contribution in [0.15, 0.2) is 60.0 Å². The fourth-order valence-corrected chi connectivity index (χ4v) is 2.57. The first kappa shape index (κ1) is 34.8. The highest BCUT2D eigenvalue weighted by Crippen LogP contribution is 2.19. The molecular formula is C26H39Cl2FN2O4. The SMILES string of the molecule is CC.CCOCCc1cccc(Cl)c1.CN/C(C)=C/CNC=O.O=CCOC1=CC(F)C(Cl)C=C1. The Labute approximate surface area is 219 Å². The van der Waals surface area contributed by atoms with Crippen molar-refractivity contribution in [1.82, 2.24) is 10.6 Å². The molecule has 0 radical (unpaired) electrons. The number of hydrogen-bond acceptors (Lipinski definition) is 5. The minimum absolute atomic E-state index is 0.0597. The van der Waals surface area contributed by atoms with Crippen molar-refractivity contribution in [3.8, 4) is 0 Å². The molecule has 1 aromatic carbocycles. The third-order valence-corrected chi connectivity index (χ3v) is 4.64. The predicted octanol–water partition coefficient (Wildman–Crippen LogP) is 5.40. The molecule has 9 heteroatoms. The van der Waals surface area contributed by atoms with Crippen LogP contribution < -0.4 is 10.6 Å². The molecule has 35 heavy (non-hydrogen) atoms. The lowest BCUT2D eigenvalue weighted by molar-refractivity contribution is -0.110. The number of alkyl halides is 2. The maximum absolute atomic E-state index is 12.8. The van der Waals surface area contributed by atoms with Gasteiger partial charge in [0.25, 0.3) is 0 Å². The van der Waals surface area contributed by atoms with Gasteiger partial charge in [-0.1, -0.05) is 43.7 Å². The zero-order valence-corrected chi connectivity index (χ0v) is 22.7. The molecule has 0 heterocycles. The molecule has 0 bridgehead atoms. The molecule has 0 aliphatic heterocycles. The van der Waals surface area contributed by atoms with Crippen molar-refractivity contribution in [3.05, 3.63) is 70.6 Å². The number of carbonyl (C=O) groups is 2. The van der Waals surface area contributed by atoms with Crippen LogP contribution in [0.1, 0.15) is 33.3 Å². The lowest BCUT2D eigenvalue weighted by Crippen LogP contribution is -2.15. The van der Waals surface area contributed by atoms with E-state index in [2.05, 4.69) is 16.7 Å². The molecule has 2 rings (SSSR count). The monoisotopic (exact) mass is 532 g/mol. The van der Waals surface area contributed by atoms with Crippen LogP contribution in [0, 0.1) is 0 Å². The zero-order valence-electron chi connectivity index (χ0n) is 21.2. The van der Waals surface area contributed by atoms with Crippen LogP contribution in [0.4, 0.5) is 4.39 Å². The minimum Gasteiger partial charge on any atom is -0.486 e. The summed E-state index contributed by atoms with van der Waals surface area (Å²) >= 11 is 11.4. The lowest BCUT2D eigenvalue weighted by atomic mass is 10.1. The van der Waals surface area contributed by atoms with Gasteiger partial charge >= 0.3 is 0 Å². The van der Waals surface area contributed by atoms with Crippen molar-refractivity contribution < 1.29 is 23.5 Å². The number of carbonyl (C=O) groups excluding carboxylic acids is 2. The van der Waals surface area contributed by atoms with Gasteiger partial charge in [0.1, 0.15) is 18.5 Å². The van der Waals surface area contributed by atoms with Gasteiger partial charge in [-0.25, -0.2) is 4.39 Å². The van der Waals surface area contributed by atoms with Gasteiger partial charge in [0.15, 0.2) is 6.29 Å². The van der Waals surface area contributed by atoms with Crippen molar-refractivity contribution >= 4 is 35.9 Å². The van der Waals surface area contributed by atoms with Crippen LogP contribution in [0.5, 0.6) is 0 Å². The summed E-state index contributed by atoms with van der Waals surface area (Å²) in [5.74, 6) is 0.353. The fraction of sp³-hybridized carbons (Fsp3) is 0.462. The third kappa shape index (κ3) is 20.7. The van der Waals surface area contributed by atoms with Crippen molar-refractivity contribution in [3.63, 3.8) is 0 Å². The number of rotatable bonds is 11. The Kier molecular flexibility index (Phi) is 24.6. The van der Waals surface area contributed by atoms with Gasteiger partial charge in [-0.15, -0.1) is 11.6 Å². The zero-order chi connectivity index (χ0) is 26.9. The van der Waals surface area contributed by atoms with E-state index < -0.39 is 11.5 Å². The quantitative estimate of drug-likeness (QED) is 0.226. The first-order valence-electron chi connectivity index (χ1n) is 11.5.